The molecule has 0 amide bonds. The predicted molar refractivity (Wildman–Crippen MR) is 114 cm³/mol. The molecule has 3 aromatic heterocycles. The van der Waals surface area contributed by atoms with Crippen LogP contribution in [0, 0.1) is 30.9 Å². The Kier molecular flexibility index (Phi) is 4.21. The van der Waals surface area contributed by atoms with Crippen LogP contribution in [0.25, 0.3) is 27.7 Å². The van der Waals surface area contributed by atoms with Gasteiger partial charge in [0.15, 0.2) is 5.65 Å². The lowest BCUT2D eigenvalue weighted by Crippen LogP contribution is -2.24. The van der Waals surface area contributed by atoms with Crippen molar-refractivity contribution in [3.8, 4) is 17.2 Å². The number of aryl methyl sites for hydroxylation is 2. The SMILES string of the molecule is Cc1cn2nc(-c3cc(F)c4c(=O)n(C5CCB(C#N)C5)ccc4c3)cc(C)c2n1. The van der Waals surface area contributed by atoms with Crippen molar-refractivity contribution in [2.24, 2.45) is 0 Å². The molecule has 6 nitrogen and oxygen atoms in total. The lowest BCUT2D eigenvalue weighted by Gasteiger charge is -2.15. The molecule has 30 heavy (non-hydrogen) atoms. The first-order chi connectivity index (χ1) is 14.4. The first-order valence-corrected chi connectivity index (χ1v) is 10.0. The fourth-order valence-corrected chi connectivity index (χ4v) is 4.49. The summed E-state index contributed by atoms with van der Waals surface area (Å²) in [5.41, 5.74) is 3.46. The van der Waals surface area contributed by atoms with Gasteiger partial charge < -0.3 is 4.57 Å². The van der Waals surface area contributed by atoms with Crippen LogP contribution >= 0.6 is 0 Å². The van der Waals surface area contributed by atoms with Gasteiger partial charge in [-0.1, -0.05) is 6.32 Å². The molecule has 1 saturated heterocycles. The number of benzene rings is 1. The highest BCUT2D eigenvalue weighted by Crippen LogP contribution is 2.31. The van der Waals surface area contributed by atoms with Crippen molar-refractivity contribution in [2.45, 2.75) is 39.0 Å². The van der Waals surface area contributed by atoms with E-state index in [1.165, 1.54) is 6.07 Å². The Morgan fingerprint density at radius 1 is 1.30 bits per heavy atom. The van der Waals surface area contributed by atoms with Crippen LogP contribution in [0.15, 0.2) is 41.5 Å². The number of imidazole rings is 1. The van der Waals surface area contributed by atoms with Crippen LogP contribution in [-0.4, -0.2) is 25.9 Å². The van der Waals surface area contributed by atoms with Gasteiger partial charge in [0, 0.05) is 23.8 Å². The summed E-state index contributed by atoms with van der Waals surface area (Å²) >= 11 is 0. The number of rotatable bonds is 2. The molecule has 148 valence electrons. The van der Waals surface area contributed by atoms with E-state index in [1.807, 2.05) is 26.1 Å². The zero-order valence-electron chi connectivity index (χ0n) is 16.8. The van der Waals surface area contributed by atoms with Gasteiger partial charge in [0.25, 0.3) is 12.3 Å². The molecule has 1 atom stereocenters. The molecular formula is C22H19BFN5O. The van der Waals surface area contributed by atoms with Crippen molar-refractivity contribution < 1.29 is 4.39 Å². The summed E-state index contributed by atoms with van der Waals surface area (Å²) in [5, 5.41) is 14.3. The molecule has 1 aromatic carbocycles. The summed E-state index contributed by atoms with van der Waals surface area (Å²) < 4.78 is 18.4. The van der Waals surface area contributed by atoms with Crippen LogP contribution < -0.4 is 5.56 Å². The van der Waals surface area contributed by atoms with Crippen molar-refractivity contribution in [1.29, 1.82) is 5.26 Å². The number of pyridine rings is 1. The van der Waals surface area contributed by atoms with Gasteiger partial charge in [0.1, 0.15) is 5.82 Å². The Hall–Kier alpha value is -3.47. The maximum Gasteiger partial charge on any atom is 0.269 e. The monoisotopic (exact) mass is 399 g/mol. The highest BCUT2D eigenvalue weighted by Gasteiger charge is 2.30. The number of fused-ring (bicyclic) bond motifs is 2. The van der Waals surface area contributed by atoms with Crippen molar-refractivity contribution >= 4 is 23.1 Å². The quantitative estimate of drug-likeness (QED) is 0.478. The number of halogens is 1. The zero-order valence-corrected chi connectivity index (χ0v) is 16.8. The Balaban J connectivity index is 1.62. The summed E-state index contributed by atoms with van der Waals surface area (Å²) in [7, 11) is 0. The Labute approximate surface area is 172 Å². The molecular weight excluding hydrogens is 380 g/mol. The second-order valence-electron chi connectivity index (χ2n) is 8.11. The molecule has 4 heterocycles. The Morgan fingerprint density at radius 2 is 2.13 bits per heavy atom. The largest absolute Gasteiger partial charge is 0.313 e. The minimum atomic E-state index is -0.557. The summed E-state index contributed by atoms with van der Waals surface area (Å²) in [6.07, 6.45) is 5.72. The average molecular weight is 399 g/mol. The van der Waals surface area contributed by atoms with Gasteiger partial charge in [-0.15, -0.1) is 0 Å². The third kappa shape index (κ3) is 2.89. The molecule has 1 aliphatic rings. The van der Waals surface area contributed by atoms with Gasteiger partial charge in [0.2, 0.25) is 0 Å². The molecule has 0 aliphatic carbocycles. The number of nitrogens with zero attached hydrogens (tertiary/aromatic N) is 5. The first kappa shape index (κ1) is 18.6. The van der Waals surface area contributed by atoms with Crippen LogP contribution in [0.2, 0.25) is 12.6 Å². The summed E-state index contributed by atoms with van der Waals surface area (Å²) in [6, 6.07) is 6.77. The van der Waals surface area contributed by atoms with E-state index in [2.05, 4.69) is 16.1 Å². The Bertz CT molecular complexity index is 1420. The molecule has 5 rings (SSSR count). The lowest BCUT2D eigenvalue weighted by atomic mass is 9.50. The molecule has 0 spiro atoms. The molecule has 1 aliphatic heterocycles. The summed E-state index contributed by atoms with van der Waals surface area (Å²) in [4.78, 5) is 17.5. The van der Waals surface area contributed by atoms with Gasteiger partial charge in [-0.3, -0.25) is 4.79 Å². The average Bonchev–Trinajstić information content (AvgIpc) is 3.34. The standard InChI is InChI=1S/C22H19BFN5O/c1-13-7-19(27-29-11-14(2)26-21(13)29)16-8-15-4-6-28(17-3-5-23(10-17)12-25)22(30)20(15)18(24)9-16/h4,6-9,11,17H,3,5,10H2,1-2H3. The second-order valence-corrected chi connectivity index (χ2v) is 8.11. The normalized spacial score (nSPS) is 16.5. The van der Waals surface area contributed by atoms with Gasteiger partial charge in [-0.2, -0.15) is 5.10 Å². The summed E-state index contributed by atoms with van der Waals surface area (Å²) in [6.45, 7) is 3.80. The first-order valence-electron chi connectivity index (χ1n) is 10.0. The minimum absolute atomic E-state index is 0.0409. The smallest absolute Gasteiger partial charge is 0.269 e. The number of hydrogen-bond acceptors (Lipinski definition) is 4. The van der Waals surface area contributed by atoms with E-state index in [1.54, 1.807) is 27.4 Å². The highest BCUT2D eigenvalue weighted by molar-refractivity contribution is 6.67. The molecule has 1 unspecified atom stereocenters. The van der Waals surface area contributed by atoms with Crippen LogP contribution in [0.3, 0.4) is 0 Å². The molecule has 0 saturated carbocycles. The van der Waals surface area contributed by atoms with Gasteiger partial charge >= 0.3 is 0 Å². The third-order valence-electron chi connectivity index (χ3n) is 5.99. The van der Waals surface area contributed by atoms with Crippen LogP contribution in [0.5, 0.6) is 0 Å². The maximum atomic E-state index is 15.1. The third-order valence-corrected chi connectivity index (χ3v) is 5.99. The molecule has 0 bridgehead atoms. The van der Waals surface area contributed by atoms with Crippen LogP contribution in [0.1, 0.15) is 23.7 Å². The van der Waals surface area contributed by atoms with Crippen molar-refractivity contribution in [3.05, 3.63) is 64.1 Å². The number of nitriles is 1. The summed E-state index contributed by atoms with van der Waals surface area (Å²) in [5.74, 6) is 1.72. The highest BCUT2D eigenvalue weighted by atomic mass is 19.1. The van der Waals surface area contributed by atoms with Crippen molar-refractivity contribution in [2.75, 3.05) is 0 Å². The van der Waals surface area contributed by atoms with Gasteiger partial charge in [-0.25, -0.2) is 19.2 Å². The molecule has 4 aromatic rings. The maximum absolute atomic E-state index is 15.1. The van der Waals surface area contributed by atoms with Gasteiger partial charge in [-0.05, 0) is 61.8 Å². The van der Waals surface area contributed by atoms with E-state index in [4.69, 9.17) is 5.26 Å². The molecule has 8 heteroatoms. The van der Waals surface area contributed by atoms with E-state index in [0.717, 1.165) is 29.6 Å². The zero-order chi connectivity index (χ0) is 21.0. The predicted octanol–water partition coefficient (Wildman–Crippen LogP) is 3.97. The number of aromatic nitrogens is 4. The van der Waals surface area contributed by atoms with E-state index in [-0.39, 0.29) is 23.7 Å². The minimum Gasteiger partial charge on any atom is -0.313 e. The second kappa shape index (κ2) is 6.80. The fraction of sp³-hybridized carbons (Fsp3) is 0.273. The lowest BCUT2D eigenvalue weighted by molar-refractivity contribution is 0.535. The van der Waals surface area contributed by atoms with Crippen molar-refractivity contribution in [1.82, 2.24) is 19.2 Å². The molecule has 0 N–H and O–H groups in total. The van der Waals surface area contributed by atoms with Crippen LogP contribution in [-0.2, 0) is 0 Å². The van der Waals surface area contributed by atoms with E-state index < -0.39 is 5.82 Å². The van der Waals surface area contributed by atoms with Crippen molar-refractivity contribution in [3.63, 3.8) is 0 Å². The van der Waals surface area contributed by atoms with Crippen LogP contribution in [0.4, 0.5) is 4.39 Å². The van der Waals surface area contributed by atoms with Gasteiger partial charge in [0.05, 0.1) is 23.0 Å². The Morgan fingerprint density at radius 3 is 2.90 bits per heavy atom. The van der Waals surface area contributed by atoms with E-state index >= 15 is 4.39 Å². The van der Waals surface area contributed by atoms with E-state index in [9.17, 15) is 4.79 Å². The topological polar surface area (TPSA) is 76.0 Å². The molecule has 0 radical (unpaired) electrons. The number of hydrogen-bond donors (Lipinski definition) is 0. The van der Waals surface area contributed by atoms with E-state index in [0.29, 0.717) is 23.0 Å². The fourth-order valence-electron chi connectivity index (χ4n) is 4.49. The molecule has 1 fully saturated rings.